The van der Waals surface area contributed by atoms with Crippen molar-refractivity contribution in [2.75, 3.05) is 11.9 Å². The third kappa shape index (κ3) is 2.15. The molecule has 92 valence electrons. The fourth-order valence-corrected chi connectivity index (χ4v) is 1.97. The number of nitrogens with one attached hydrogen (secondary N) is 2. The summed E-state index contributed by atoms with van der Waals surface area (Å²) in [6.07, 6.45) is 0.268. The molecule has 6 nitrogen and oxygen atoms in total. The molecule has 2 rings (SSSR count). The highest BCUT2D eigenvalue weighted by Crippen LogP contribution is 2.20. The Hall–Kier alpha value is -1.85. The molecule has 2 amide bonds. The fourth-order valence-electron chi connectivity index (χ4n) is 1.97. The van der Waals surface area contributed by atoms with Crippen LogP contribution >= 0.6 is 0 Å². The van der Waals surface area contributed by atoms with Crippen molar-refractivity contribution in [3.63, 3.8) is 0 Å². The van der Waals surface area contributed by atoms with Crippen LogP contribution in [-0.2, 0) is 16.6 Å². The molecule has 1 aliphatic heterocycles. The van der Waals surface area contributed by atoms with Gasteiger partial charge in [0.15, 0.2) is 0 Å². The van der Waals surface area contributed by atoms with Crippen LogP contribution in [-0.4, -0.2) is 28.1 Å². The lowest BCUT2D eigenvalue weighted by Gasteiger charge is -2.09. The van der Waals surface area contributed by atoms with Gasteiger partial charge in [-0.3, -0.25) is 14.3 Å². The van der Waals surface area contributed by atoms with E-state index in [2.05, 4.69) is 15.7 Å². The lowest BCUT2D eigenvalue weighted by atomic mass is 10.1. The summed E-state index contributed by atoms with van der Waals surface area (Å²) in [5.74, 6) is -0.464. The van der Waals surface area contributed by atoms with Gasteiger partial charge in [0, 0.05) is 20.0 Å². The van der Waals surface area contributed by atoms with E-state index in [0.29, 0.717) is 6.54 Å². The van der Waals surface area contributed by atoms with E-state index in [4.69, 9.17) is 0 Å². The van der Waals surface area contributed by atoms with Crippen molar-refractivity contribution in [3.8, 4) is 0 Å². The maximum absolute atomic E-state index is 11.9. The van der Waals surface area contributed by atoms with Crippen LogP contribution < -0.4 is 10.6 Å². The van der Waals surface area contributed by atoms with Crippen LogP contribution in [0, 0.1) is 19.8 Å². The first kappa shape index (κ1) is 11.6. The Morgan fingerprint density at radius 2 is 2.24 bits per heavy atom. The number of anilines is 1. The van der Waals surface area contributed by atoms with Crippen molar-refractivity contribution in [2.24, 2.45) is 13.0 Å². The standard InChI is InChI=1S/C11H16N4O2/c1-6-10(7(2)15(3)14-6)13-11(17)8-4-9(16)12-5-8/h8H,4-5H2,1-3H3,(H,12,16)(H,13,17). The van der Waals surface area contributed by atoms with E-state index in [1.165, 1.54) is 0 Å². The summed E-state index contributed by atoms with van der Waals surface area (Å²) in [6, 6.07) is 0. The van der Waals surface area contributed by atoms with E-state index in [1.807, 2.05) is 20.9 Å². The molecule has 1 saturated heterocycles. The van der Waals surface area contributed by atoms with Gasteiger partial charge in [0.05, 0.1) is 23.0 Å². The summed E-state index contributed by atoms with van der Waals surface area (Å²) in [7, 11) is 1.83. The number of amides is 2. The molecule has 1 aliphatic rings. The lowest BCUT2D eigenvalue weighted by Crippen LogP contribution is -2.25. The molecule has 0 bridgehead atoms. The first-order valence-corrected chi connectivity index (χ1v) is 5.56. The third-order valence-electron chi connectivity index (χ3n) is 3.11. The molecular formula is C11H16N4O2. The molecule has 0 spiro atoms. The molecule has 17 heavy (non-hydrogen) atoms. The van der Waals surface area contributed by atoms with E-state index < -0.39 is 0 Å². The summed E-state index contributed by atoms with van der Waals surface area (Å²) in [5.41, 5.74) is 2.45. The van der Waals surface area contributed by atoms with Crippen LogP contribution in [0.3, 0.4) is 0 Å². The SMILES string of the molecule is Cc1nn(C)c(C)c1NC(=O)C1CNC(=O)C1. The Labute approximate surface area is 99.4 Å². The summed E-state index contributed by atoms with van der Waals surface area (Å²) in [4.78, 5) is 23.0. The number of carbonyl (C=O) groups is 2. The van der Waals surface area contributed by atoms with Gasteiger partial charge in [0.2, 0.25) is 11.8 Å². The zero-order chi connectivity index (χ0) is 12.6. The van der Waals surface area contributed by atoms with Crippen LogP contribution in [0.2, 0.25) is 0 Å². The van der Waals surface area contributed by atoms with Crippen LogP contribution in [0.1, 0.15) is 17.8 Å². The number of carbonyl (C=O) groups excluding carboxylic acids is 2. The minimum Gasteiger partial charge on any atom is -0.355 e. The smallest absolute Gasteiger partial charge is 0.229 e. The monoisotopic (exact) mass is 236 g/mol. The van der Waals surface area contributed by atoms with E-state index in [-0.39, 0.29) is 24.2 Å². The van der Waals surface area contributed by atoms with E-state index in [9.17, 15) is 9.59 Å². The molecule has 0 aliphatic carbocycles. The third-order valence-corrected chi connectivity index (χ3v) is 3.11. The topological polar surface area (TPSA) is 76.0 Å². The number of aromatic nitrogens is 2. The predicted molar refractivity (Wildman–Crippen MR) is 62.4 cm³/mol. The zero-order valence-electron chi connectivity index (χ0n) is 10.2. The van der Waals surface area contributed by atoms with Crippen molar-refractivity contribution in [2.45, 2.75) is 20.3 Å². The van der Waals surface area contributed by atoms with Crippen molar-refractivity contribution in [1.29, 1.82) is 0 Å². The maximum atomic E-state index is 11.9. The molecule has 2 heterocycles. The summed E-state index contributed by atoms with van der Waals surface area (Å²) in [5, 5.41) is 9.72. The largest absolute Gasteiger partial charge is 0.355 e. The number of hydrogen-bond acceptors (Lipinski definition) is 3. The Kier molecular flexibility index (Phi) is 2.87. The molecule has 1 aromatic heterocycles. The van der Waals surface area contributed by atoms with Crippen molar-refractivity contribution in [1.82, 2.24) is 15.1 Å². The van der Waals surface area contributed by atoms with Crippen LogP contribution in [0.25, 0.3) is 0 Å². The second kappa shape index (κ2) is 4.20. The lowest BCUT2D eigenvalue weighted by molar-refractivity contribution is -0.123. The van der Waals surface area contributed by atoms with Gasteiger partial charge in [-0.1, -0.05) is 0 Å². The highest BCUT2D eigenvalue weighted by atomic mass is 16.2. The maximum Gasteiger partial charge on any atom is 0.229 e. The first-order chi connectivity index (χ1) is 7.99. The Balaban J connectivity index is 2.10. The van der Waals surface area contributed by atoms with Crippen molar-refractivity contribution in [3.05, 3.63) is 11.4 Å². The number of aryl methyl sites for hydroxylation is 2. The zero-order valence-corrected chi connectivity index (χ0v) is 10.2. The molecular weight excluding hydrogens is 220 g/mol. The minimum atomic E-state index is -0.276. The second-order valence-corrected chi connectivity index (χ2v) is 4.36. The van der Waals surface area contributed by atoms with Crippen LogP contribution in [0.15, 0.2) is 0 Å². The minimum absolute atomic E-state index is 0.0650. The fraction of sp³-hybridized carbons (Fsp3) is 0.545. The van der Waals surface area contributed by atoms with Gasteiger partial charge < -0.3 is 10.6 Å². The van der Waals surface area contributed by atoms with Crippen molar-refractivity contribution < 1.29 is 9.59 Å². The first-order valence-electron chi connectivity index (χ1n) is 5.56. The molecule has 0 radical (unpaired) electrons. The Morgan fingerprint density at radius 1 is 1.53 bits per heavy atom. The van der Waals surface area contributed by atoms with E-state index >= 15 is 0 Å². The molecule has 0 saturated carbocycles. The highest BCUT2D eigenvalue weighted by Gasteiger charge is 2.28. The highest BCUT2D eigenvalue weighted by molar-refractivity contribution is 5.97. The van der Waals surface area contributed by atoms with Gasteiger partial charge in [0.1, 0.15) is 0 Å². The van der Waals surface area contributed by atoms with Gasteiger partial charge in [0.25, 0.3) is 0 Å². The van der Waals surface area contributed by atoms with Gasteiger partial charge in [-0.05, 0) is 13.8 Å². The quantitative estimate of drug-likeness (QED) is 0.765. The number of hydrogen-bond donors (Lipinski definition) is 2. The van der Waals surface area contributed by atoms with Gasteiger partial charge in [-0.2, -0.15) is 5.10 Å². The van der Waals surface area contributed by atoms with Crippen LogP contribution in [0.5, 0.6) is 0 Å². The molecule has 1 unspecified atom stereocenters. The van der Waals surface area contributed by atoms with Gasteiger partial charge in [-0.15, -0.1) is 0 Å². The predicted octanol–water partition coefficient (Wildman–Crippen LogP) is 0.112. The van der Waals surface area contributed by atoms with Gasteiger partial charge >= 0.3 is 0 Å². The molecule has 1 fully saturated rings. The number of nitrogens with zero attached hydrogens (tertiary/aromatic N) is 2. The van der Waals surface area contributed by atoms with Crippen LogP contribution in [0.4, 0.5) is 5.69 Å². The Morgan fingerprint density at radius 3 is 2.71 bits per heavy atom. The normalized spacial score (nSPS) is 19.2. The average Bonchev–Trinajstić information content (AvgIpc) is 2.79. The summed E-state index contributed by atoms with van der Waals surface area (Å²) < 4.78 is 1.73. The average molecular weight is 236 g/mol. The van der Waals surface area contributed by atoms with Gasteiger partial charge in [-0.25, -0.2) is 0 Å². The molecule has 2 N–H and O–H groups in total. The summed E-state index contributed by atoms with van der Waals surface area (Å²) in [6.45, 7) is 4.16. The van der Waals surface area contributed by atoms with E-state index in [1.54, 1.807) is 4.68 Å². The van der Waals surface area contributed by atoms with Crippen molar-refractivity contribution >= 4 is 17.5 Å². The molecule has 1 atom stereocenters. The molecule has 6 heteroatoms. The molecule has 0 aromatic carbocycles. The Bertz CT molecular complexity index is 478. The second-order valence-electron chi connectivity index (χ2n) is 4.36. The van der Waals surface area contributed by atoms with E-state index in [0.717, 1.165) is 17.1 Å². The molecule has 1 aromatic rings. The number of rotatable bonds is 2. The summed E-state index contributed by atoms with van der Waals surface area (Å²) >= 11 is 0.